The molecule has 0 radical (unpaired) electrons. The number of oxazole rings is 1. The van der Waals surface area contributed by atoms with Gasteiger partial charge in [0, 0.05) is 17.9 Å². The number of nitrogens with zero attached hydrogens (tertiary/aromatic N) is 1. The highest BCUT2D eigenvalue weighted by Gasteiger charge is 2.29. The number of hydrogen-bond acceptors (Lipinski definition) is 6. The molecule has 1 amide bonds. The van der Waals surface area contributed by atoms with Crippen molar-refractivity contribution in [2.75, 3.05) is 23.8 Å². The van der Waals surface area contributed by atoms with Crippen molar-refractivity contribution in [1.29, 1.82) is 0 Å². The third-order valence-electron chi connectivity index (χ3n) is 7.10. The second kappa shape index (κ2) is 11.9. The largest absolute Gasteiger partial charge is 0.481 e. The predicted molar refractivity (Wildman–Crippen MR) is 151 cm³/mol. The molecule has 0 saturated carbocycles. The van der Waals surface area contributed by atoms with Gasteiger partial charge in [-0.15, -0.1) is 0 Å². The number of ether oxygens (including phenoxy) is 1. The predicted octanol–water partition coefficient (Wildman–Crippen LogP) is 6.56. The normalized spacial score (nSPS) is 15.8. The molecule has 0 spiro atoms. The molecule has 2 atom stereocenters. The number of nitrogens with one attached hydrogen (secondary N) is 2. The number of halogens is 1. The van der Waals surface area contributed by atoms with Crippen LogP contribution in [0.4, 0.5) is 17.4 Å². The minimum absolute atomic E-state index is 0.0236. The summed E-state index contributed by atoms with van der Waals surface area (Å²) in [6.45, 7) is 3.21. The van der Waals surface area contributed by atoms with E-state index in [0.29, 0.717) is 53.1 Å². The number of hydrogen-bond donors (Lipinski definition) is 3. The van der Waals surface area contributed by atoms with Gasteiger partial charge >= 0.3 is 5.97 Å². The third-order valence-corrected chi connectivity index (χ3v) is 7.43. The molecule has 5 rings (SSSR count). The zero-order valence-electron chi connectivity index (χ0n) is 21.6. The first-order chi connectivity index (χ1) is 18.9. The summed E-state index contributed by atoms with van der Waals surface area (Å²) >= 11 is 6.25. The van der Waals surface area contributed by atoms with E-state index in [4.69, 9.17) is 20.8 Å². The van der Waals surface area contributed by atoms with Gasteiger partial charge in [-0.1, -0.05) is 48.9 Å². The van der Waals surface area contributed by atoms with Crippen LogP contribution in [0.15, 0.2) is 65.1 Å². The van der Waals surface area contributed by atoms with Gasteiger partial charge in [-0.05, 0) is 66.1 Å². The quantitative estimate of drug-likeness (QED) is 0.206. The van der Waals surface area contributed by atoms with E-state index in [2.05, 4.69) is 15.6 Å². The van der Waals surface area contributed by atoms with E-state index < -0.39 is 5.97 Å². The molecule has 3 N–H and O–H groups in total. The van der Waals surface area contributed by atoms with Crippen molar-refractivity contribution >= 4 is 52.0 Å². The average Bonchev–Trinajstić information content (AvgIpc) is 3.59. The van der Waals surface area contributed by atoms with Crippen molar-refractivity contribution < 1.29 is 23.8 Å². The molecule has 0 bridgehead atoms. The fraction of sp³-hybridized carbons (Fsp3) is 0.300. The zero-order chi connectivity index (χ0) is 27.4. The first kappa shape index (κ1) is 26.7. The van der Waals surface area contributed by atoms with Gasteiger partial charge in [0.2, 0.25) is 5.91 Å². The smallest absolute Gasteiger partial charge is 0.303 e. The van der Waals surface area contributed by atoms with Crippen LogP contribution in [0.1, 0.15) is 42.4 Å². The number of carboxylic acids is 1. The van der Waals surface area contributed by atoms with Crippen LogP contribution in [-0.4, -0.2) is 35.2 Å². The van der Waals surface area contributed by atoms with Crippen LogP contribution in [0.5, 0.6) is 0 Å². The van der Waals surface area contributed by atoms with Crippen LogP contribution in [0.25, 0.3) is 11.1 Å². The van der Waals surface area contributed by atoms with E-state index in [-0.39, 0.29) is 30.6 Å². The van der Waals surface area contributed by atoms with Gasteiger partial charge in [0.15, 0.2) is 5.58 Å². The number of anilines is 3. The molecular weight excluding hydrogens is 518 g/mol. The van der Waals surface area contributed by atoms with Crippen molar-refractivity contribution in [3.05, 3.63) is 82.4 Å². The number of amides is 1. The first-order valence-electron chi connectivity index (χ1n) is 13.0. The summed E-state index contributed by atoms with van der Waals surface area (Å²) in [6, 6.07) is 18.9. The van der Waals surface area contributed by atoms with Crippen molar-refractivity contribution in [3.63, 3.8) is 0 Å². The number of aromatic nitrogens is 1. The number of fused-ring (bicyclic) bond motifs is 1. The molecule has 1 saturated heterocycles. The number of aliphatic carboxylic acids is 1. The third kappa shape index (κ3) is 6.24. The Morgan fingerprint density at radius 3 is 2.74 bits per heavy atom. The molecule has 39 heavy (non-hydrogen) atoms. The maximum Gasteiger partial charge on any atom is 0.303 e. The van der Waals surface area contributed by atoms with Gasteiger partial charge in [-0.25, -0.2) is 0 Å². The number of rotatable bonds is 10. The summed E-state index contributed by atoms with van der Waals surface area (Å²) in [5.74, 6) is -1.04. The number of carbonyl (C=O) groups is 2. The Hall–Kier alpha value is -3.88. The van der Waals surface area contributed by atoms with E-state index in [0.717, 1.165) is 23.1 Å². The summed E-state index contributed by atoms with van der Waals surface area (Å²) in [7, 11) is 0. The maximum atomic E-state index is 13.1. The second-order valence-corrected chi connectivity index (χ2v) is 10.1. The van der Waals surface area contributed by atoms with Gasteiger partial charge < -0.3 is 24.9 Å². The Bertz CT molecular complexity index is 1500. The summed E-state index contributed by atoms with van der Waals surface area (Å²) in [5, 5.41) is 16.1. The highest BCUT2D eigenvalue weighted by molar-refractivity contribution is 6.33. The fourth-order valence-electron chi connectivity index (χ4n) is 5.21. The van der Waals surface area contributed by atoms with E-state index in [9.17, 15) is 14.7 Å². The first-order valence-corrected chi connectivity index (χ1v) is 13.4. The van der Waals surface area contributed by atoms with E-state index >= 15 is 0 Å². The number of aryl methyl sites for hydroxylation is 1. The van der Waals surface area contributed by atoms with Crippen LogP contribution in [0, 0.1) is 5.92 Å². The lowest BCUT2D eigenvalue weighted by molar-refractivity contribution is -0.137. The number of carbonyl (C=O) groups excluding carboxylic acids is 1. The van der Waals surface area contributed by atoms with Crippen molar-refractivity contribution in [2.24, 2.45) is 5.92 Å². The molecule has 1 aromatic heterocycles. The Morgan fingerprint density at radius 1 is 1.15 bits per heavy atom. The maximum absolute atomic E-state index is 13.1. The lowest BCUT2D eigenvalue weighted by Crippen LogP contribution is -2.18. The van der Waals surface area contributed by atoms with Gasteiger partial charge in [-0.3, -0.25) is 9.59 Å². The minimum atomic E-state index is -0.846. The highest BCUT2D eigenvalue weighted by atomic mass is 35.5. The molecule has 2 heterocycles. The molecule has 9 heteroatoms. The SMILES string of the molecule is CCc1c(CC(=O)Nc2cccc(C(CC(=O)O)C3CCOC3)c2)ccc2nc(Nc3ccccc3Cl)oc12. The lowest BCUT2D eigenvalue weighted by Gasteiger charge is -2.22. The molecule has 1 aliphatic heterocycles. The number of carboxylic acid groups (broad SMARTS) is 1. The Morgan fingerprint density at radius 2 is 2.00 bits per heavy atom. The van der Waals surface area contributed by atoms with Gasteiger partial charge in [-0.2, -0.15) is 4.98 Å². The Labute approximate surface area is 231 Å². The van der Waals surface area contributed by atoms with Crippen molar-refractivity contribution in [2.45, 2.75) is 38.5 Å². The van der Waals surface area contributed by atoms with E-state index in [1.165, 1.54) is 0 Å². The summed E-state index contributed by atoms with van der Waals surface area (Å²) < 4.78 is 11.5. The summed E-state index contributed by atoms with van der Waals surface area (Å²) in [6.07, 6.45) is 1.67. The highest BCUT2D eigenvalue weighted by Crippen LogP contribution is 2.35. The van der Waals surface area contributed by atoms with Crippen LogP contribution >= 0.6 is 11.6 Å². The molecule has 4 aromatic rings. The molecule has 8 nitrogen and oxygen atoms in total. The van der Waals surface area contributed by atoms with Gasteiger partial charge in [0.05, 0.1) is 30.2 Å². The lowest BCUT2D eigenvalue weighted by atomic mass is 9.83. The molecule has 2 unspecified atom stereocenters. The van der Waals surface area contributed by atoms with E-state index in [1.807, 2.05) is 61.5 Å². The molecule has 0 aliphatic carbocycles. The standard InChI is InChI=1S/C30H30ClN3O5/c1-2-22-19(10-11-26-29(22)39-30(34-26)33-25-9-4-3-8-24(25)31)15-27(35)32-21-7-5-6-18(14-21)23(16-28(36)37)20-12-13-38-17-20/h3-11,14,20,23H,2,12-13,15-17H2,1H3,(H,32,35)(H,33,34)(H,36,37). The van der Waals surface area contributed by atoms with Gasteiger partial charge in [0.1, 0.15) is 5.52 Å². The fourth-order valence-corrected chi connectivity index (χ4v) is 5.39. The number of benzene rings is 3. The number of para-hydroxylation sites is 1. The Balaban J connectivity index is 1.32. The van der Waals surface area contributed by atoms with Crippen molar-refractivity contribution in [1.82, 2.24) is 4.98 Å². The zero-order valence-corrected chi connectivity index (χ0v) is 22.3. The van der Waals surface area contributed by atoms with Crippen LogP contribution < -0.4 is 10.6 Å². The molecular formula is C30H30ClN3O5. The van der Waals surface area contributed by atoms with Crippen molar-refractivity contribution in [3.8, 4) is 0 Å². The van der Waals surface area contributed by atoms with Crippen LogP contribution in [0.2, 0.25) is 5.02 Å². The molecule has 1 aliphatic rings. The van der Waals surface area contributed by atoms with E-state index in [1.54, 1.807) is 6.07 Å². The second-order valence-electron chi connectivity index (χ2n) is 9.71. The van der Waals surface area contributed by atoms with Gasteiger partial charge in [0.25, 0.3) is 6.01 Å². The monoisotopic (exact) mass is 547 g/mol. The summed E-state index contributed by atoms with van der Waals surface area (Å²) in [5.41, 5.74) is 5.31. The van der Waals surface area contributed by atoms with Crippen LogP contribution in [0.3, 0.4) is 0 Å². The Kier molecular flexibility index (Phi) is 8.14. The molecule has 3 aromatic carbocycles. The topological polar surface area (TPSA) is 114 Å². The molecule has 1 fully saturated rings. The average molecular weight is 548 g/mol. The summed E-state index contributed by atoms with van der Waals surface area (Å²) in [4.78, 5) is 29.2. The van der Waals surface area contributed by atoms with Crippen LogP contribution in [-0.2, 0) is 27.2 Å². The minimum Gasteiger partial charge on any atom is -0.481 e. The molecule has 202 valence electrons.